The van der Waals surface area contributed by atoms with E-state index in [1.165, 1.54) is 5.56 Å². The van der Waals surface area contributed by atoms with Gasteiger partial charge in [-0.3, -0.25) is 0 Å². The normalized spacial score (nSPS) is 13.6. The summed E-state index contributed by atoms with van der Waals surface area (Å²) in [6.45, 7) is 5.71. The van der Waals surface area contributed by atoms with E-state index in [1.54, 1.807) is 0 Å². The Morgan fingerprint density at radius 3 is 2.33 bits per heavy atom. The van der Waals surface area contributed by atoms with Crippen molar-refractivity contribution < 1.29 is 14.9 Å². The highest BCUT2D eigenvalue weighted by atomic mass is 16.6. The van der Waals surface area contributed by atoms with E-state index in [0.29, 0.717) is 19.3 Å². The molecule has 0 aromatic heterocycles. The number of aliphatic hydroxyl groups is 2. The van der Waals surface area contributed by atoms with Gasteiger partial charge in [0.2, 0.25) is 0 Å². The molecule has 18 heavy (non-hydrogen) atoms. The molecule has 1 aromatic rings. The van der Waals surface area contributed by atoms with Crippen molar-refractivity contribution in [3.05, 3.63) is 35.4 Å². The van der Waals surface area contributed by atoms with Crippen LogP contribution in [-0.4, -0.2) is 28.7 Å². The minimum Gasteiger partial charge on any atom is -0.394 e. The first-order chi connectivity index (χ1) is 8.54. The van der Waals surface area contributed by atoms with Crippen LogP contribution in [0, 0.1) is 6.92 Å². The van der Waals surface area contributed by atoms with Crippen LogP contribution >= 0.6 is 0 Å². The van der Waals surface area contributed by atoms with E-state index >= 15 is 0 Å². The Morgan fingerprint density at radius 2 is 1.83 bits per heavy atom. The number of ether oxygens (including phenoxy) is 1. The van der Waals surface area contributed by atoms with Crippen molar-refractivity contribution >= 4 is 0 Å². The highest BCUT2D eigenvalue weighted by molar-refractivity contribution is 5.26. The highest BCUT2D eigenvalue weighted by Gasteiger charge is 2.27. The van der Waals surface area contributed by atoms with Crippen LogP contribution in [0.4, 0.5) is 0 Å². The monoisotopic (exact) mass is 252 g/mol. The predicted molar refractivity (Wildman–Crippen MR) is 72.4 cm³/mol. The van der Waals surface area contributed by atoms with Crippen LogP contribution < -0.4 is 0 Å². The van der Waals surface area contributed by atoms with Crippen molar-refractivity contribution in [2.24, 2.45) is 0 Å². The Bertz CT molecular complexity index is 359. The number of aliphatic hydroxyl groups excluding tert-OH is 1. The summed E-state index contributed by atoms with van der Waals surface area (Å²) in [5.41, 5.74) is 2.32. The Kier molecular flexibility index (Phi) is 5.79. The maximum Gasteiger partial charge on any atom is 0.165 e. The van der Waals surface area contributed by atoms with Crippen LogP contribution in [-0.2, 0) is 11.2 Å². The van der Waals surface area contributed by atoms with Crippen LogP contribution in [0.25, 0.3) is 0 Å². The summed E-state index contributed by atoms with van der Waals surface area (Å²) in [6, 6.07) is 8.03. The lowest BCUT2D eigenvalue weighted by atomic mass is 10.0. The molecule has 0 fully saturated rings. The smallest absolute Gasteiger partial charge is 0.165 e. The Labute approximate surface area is 109 Å². The summed E-state index contributed by atoms with van der Waals surface area (Å²) < 4.78 is 5.65. The molecule has 0 saturated heterocycles. The second kappa shape index (κ2) is 6.88. The highest BCUT2D eigenvalue weighted by Crippen LogP contribution is 2.21. The van der Waals surface area contributed by atoms with Gasteiger partial charge < -0.3 is 14.9 Å². The molecule has 102 valence electrons. The van der Waals surface area contributed by atoms with E-state index < -0.39 is 5.79 Å². The first-order valence-electron chi connectivity index (χ1n) is 6.60. The molecule has 1 aromatic carbocycles. The molecule has 1 atom stereocenters. The van der Waals surface area contributed by atoms with Crippen molar-refractivity contribution in [3.8, 4) is 0 Å². The van der Waals surface area contributed by atoms with Gasteiger partial charge in [-0.1, -0.05) is 38.1 Å². The quantitative estimate of drug-likeness (QED) is 0.733. The molecule has 0 aliphatic rings. The molecule has 0 radical (unpaired) electrons. The molecule has 1 rings (SSSR count). The molecule has 0 amide bonds. The molecule has 0 spiro atoms. The summed E-state index contributed by atoms with van der Waals surface area (Å²) in [7, 11) is 0. The molecule has 0 saturated carbocycles. The molecular formula is C15H24O3. The summed E-state index contributed by atoms with van der Waals surface area (Å²) in [4.78, 5) is 0. The Balaban J connectivity index is 2.71. The predicted octanol–water partition coefficient (Wildman–Crippen LogP) is 2.42. The Hall–Kier alpha value is -0.900. The fourth-order valence-electron chi connectivity index (χ4n) is 1.95. The molecular weight excluding hydrogens is 228 g/mol. The maximum absolute atomic E-state index is 10.1. The van der Waals surface area contributed by atoms with E-state index in [1.807, 2.05) is 45.0 Å². The fraction of sp³-hybridized carbons (Fsp3) is 0.600. The number of rotatable bonds is 7. The summed E-state index contributed by atoms with van der Waals surface area (Å²) >= 11 is 0. The van der Waals surface area contributed by atoms with Gasteiger partial charge in [-0.15, -0.1) is 0 Å². The van der Waals surface area contributed by atoms with Crippen molar-refractivity contribution in [3.63, 3.8) is 0 Å². The van der Waals surface area contributed by atoms with Crippen LogP contribution in [0.3, 0.4) is 0 Å². The number of aryl methyl sites for hydroxylation is 1. The maximum atomic E-state index is 10.1. The standard InChI is InChI=1S/C15H24O3/c1-4-15(17,5-2)18-14(11-16)10-13-9-7-6-8-12(13)3/h6-9,14,16-17H,4-5,10-11H2,1-3H3. The molecule has 3 heteroatoms. The van der Waals surface area contributed by atoms with E-state index in [9.17, 15) is 10.2 Å². The van der Waals surface area contributed by atoms with Gasteiger partial charge in [0.15, 0.2) is 5.79 Å². The van der Waals surface area contributed by atoms with Gasteiger partial charge in [0.05, 0.1) is 12.7 Å². The first kappa shape index (κ1) is 15.2. The third-order valence-electron chi connectivity index (χ3n) is 3.40. The average molecular weight is 252 g/mol. The largest absolute Gasteiger partial charge is 0.394 e. The molecule has 2 N–H and O–H groups in total. The van der Waals surface area contributed by atoms with Crippen molar-refractivity contribution in [1.82, 2.24) is 0 Å². The van der Waals surface area contributed by atoms with Crippen LogP contribution in [0.5, 0.6) is 0 Å². The van der Waals surface area contributed by atoms with Gasteiger partial charge in [-0.25, -0.2) is 0 Å². The molecule has 0 bridgehead atoms. The van der Waals surface area contributed by atoms with E-state index in [0.717, 1.165) is 5.56 Å². The topological polar surface area (TPSA) is 49.7 Å². The molecule has 1 unspecified atom stereocenters. The second-order valence-corrected chi connectivity index (χ2v) is 4.71. The molecule has 0 aliphatic heterocycles. The third-order valence-corrected chi connectivity index (χ3v) is 3.40. The van der Waals surface area contributed by atoms with Gasteiger partial charge in [0.25, 0.3) is 0 Å². The second-order valence-electron chi connectivity index (χ2n) is 4.71. The van der Waals surface area contributed by atoms with Gasteiger partial charge in [-0.05, 0) is 30.9 Å². The number of hydrogen-bond donors (Lipinski definition) is 2. The zero-order valence-corrected chi connectivity index (χ0v) is 11.5. The molecule has 0 heterocycles. The van der Waals surface area contributed by atoms with E-state index in [4.69, 9.17) is 4.74 Å². The minimum absolute atomic E-state index is 0.0867. The van der Waals surface area contributed by atoms with Crippen molar-refractivity contribution in [1.29, 1.82) is 0 Å². The van der Waals surface area contributed by atoms with Crippen LogP contribution in [0.1, 0.15) is 37.8 Å². The van der Waals surface area contributed by atoms with Crippen LogP contribution in [0.2, 0.25) is 0 Å². The van der Waals surface area contributed by atoms with Gasteiger partial charge in [0.1, 0.15) is 0 Å². The van der Waals surface area contributed by atoms with Crippen LogP contribution in [0.15, 0.2) is 24.3 Å². The molecule has 0 aliphatic carbocycles. The number of hydrogen-bond acceptors (Lipinski definition) is 3. The fourth-order valence-corrected chi connectivity index (χ4v) is 1.95. The van der Waals surface area contributed by atoms with Gasteiger partial charge in [0, 0.05) is 6.42 Å². The van der Waals surface area contributed by atoms with E-state index in [-0.39, 0.29) is 12.7 Å². The zero-order chi connectivity index (χ0) is 13.6. The number of benzene rings is 1. The van der Waals surface area contributed by atoms with E-state index in [2.05, 4.69) is 0 Å². The third kappa shape index (κ3) is 4.09. The SMILES string of the molecule is CCC(O)(CC)OC(CO)Cc1ccccc1C. The first-order valence-corrected chi connectivity index (χ1v) is 6.60. The Morgan fingerprint density at radius 1 is 1.22 bits per heavy atom. The molecule has 3 nitrogen and oxygen atoms in total. The average Bonchev–Trinajstić information content (AvgIpc) is 2.40. The van der Waals surface area contributed by atoms with Crippen molar-refractivity contribution in [2.45, 2.75) is 51.9 Å². The van der Waals surface area contributed by atoms with Crippen molar-refractivity contribution in [2.75, 3.05) is 6.61 Å². The zero-order valence-electron chi connectivity index (χ0n) is 11.5. The lowest BCUT2D eigenvalue weighted by Gasteiger charge is -2.30. The van der Waals surface area contributed by atoms with Gasteiger partial charge >= 0.3 is 0 Å². The summed E-state index contributed by atoms with van der Waals surface area (Å²) in [5, 5.41) is 19.5. The minimum atomic E-state index is -1.13. The van der Waals surface area contributed by atoms with Gasteiger partial charge in [-0.2, -0.15) is 0 Å². The summed E-state index contributed by atoms with van der Waals surface area (Å²) in [6.07, 6.45) is 1.29. The summed E-state index contributed by atoms with van der Waals surface area (Å²) in [5.74, 6) is -1.13. The lowest BCUT2D eigenvalue weighted by molar-refractivity contribution is -0.238. The lowest BCUT2D eigenvalue weighted by Crippen LogP contribution is -2.38.